The van der Waals surface area contributed by atoms with Gasteiger partial charge in [0.2, 0.25) is 0 Å². The highest BCUT2D eigenvalue weighted by atomic mass is 35.5. The molecule has 0 aromatic heterocycles. The van der Waals surface area contributed by atoms with Crippen molar-refractivity contribution in [3.05, 3.63) is 59.1 Å². The summed E-state index contributed by atoms with van der Waals surface area (Å²) in [5.74, 6) is -0.541. The van der Waals surface area contributed by atoms with Gasteiger partial charge in [-0.25, -0.2) is 0 Å². The molecule has 1 amide bonds. The molecule has 0 saturated carbocycles. The number of amides is 1. The van der Waals surface area contributed by atoms with Crippen LogP contribution in [-0.2, 0) is 9.59 Å². The van der Waals surface area contributed by atoms with Gasteiger partial charge >= 0.3 is 0 Å². The molecule has 6 nitrogen and oxygen atoms in total. The molecule has 1 atom stereocenters. The number of methoxy groups -OCH3 is 1. The molecule has 0 saturated heterocycles. The van der Waals surface area contributed by atoms with Crippen molar-refractivity contribution >= 4 is 23.5 Å². The van der Waals surface area contributed by atoms with Crippen LogP contribution in [0.5, 0.6) is 11.5 Å². The van der Waals surface area contributed by atoms with Crippen LogP contribution in [0.2, 0.25) is 5.02 Å². The highest BCUT2D eigenvalue weighted by Crippen LogP contribution is 2.20. The molecule has 2 aromatic rings. The lowest BCUT2D eigenvalue weighted by Crippen LogP contribution is -2.36. The number of benzene rings is 2. The van der Waals surface area contributed by atoms with Crippen LogP contribution in [0.3, 0.4) is 0 Å². The summed E-state index contributed by atoms with van der Waals surface area (Å²) in [5, 5.41) is 14.1. The van der Waals surface area contributed by atoms with Crippen LogP contribution in [0, 0.1) is 0 Å². The zero-order chi connectivity index (χ0) is 18.2. The molecule has 0 spiro atoms. The van der Waals surface area contributed by atoms with Crippen molar-refractivity contribution in [2.45, 2.75) is 12.5 Å². The van der Waals surface area contributed by atoms with E-state index in [2.05, 4.69) is 5.32 Å². The monoisotopic (exact) mass is 362 g/mol. The van der Waals surface area contributed by atoms with Gasteiger partial charge in [-0.3, -0.25) is 4.79 Å². The average Bonchev–Trinajstić information content (AvgIpc) is 2.60. The fourth-order valence-corrected chi connectivity index (χ4v) is 2.30. The molecule has 0 aliphatic carbocycles. The third kappa shape index (κ3) is 6.00. The number of carboxylic acids is 1. The Labute approximate surface area is 150 Å². The van der Waals surface area contributed by atoms with E-state index in [4.69, 9.17) is 21.1 Å². The van der Waals surface area contributed by atoms with Crippen molar-refractivity contribution in [1.82, 2.24) is 5.32 Å². The van der Waals surface area contributed by atoms with Crippen molar-refractivity contribution in [3.8, 4) is 11.5 Å². The van der Waals surface area contributed by atoms with Crippen molar-refractivity contribution in [2.24, 2.45) is 0 Å². The van der Waals surface area contributed by atoms with Crippen LogP contribution >= 0.6 is 11.6 Å². The summed E-state index contributed by atoms with van der Waals surface area (Å²) >= 11 is 5.82. The first kappa shape index (κ1) is 18.6. The largest absolute Gasteiger partial charge is 0.550 e. The molecular formula is C18H17ClNO5-. The maximum Gasteiger partial charge on any atom is 0.258 e. The Balaban J connectivity index is 1.96. The molecule has 0 fully saturated rings. The van der Waals surface area contributed by atoms with E-state index in [1.165, 1.54) is 0 Å². The minimum atomic E-state index is -1.27. The Bertz CT molecular complexity index is 715. The molecule has 0 aliphatic heterocycles. The van der Waals surface area contributed by atoms with Crippen LogP contribution in [0.25, 0.3) is 0 Å². The quantitative estimate of drug-likeness (QED) is 0.772. The van der Waals surface area contributed by atoms with E-state index in [1.807, 2.05) is 0 Å². The Morgan fingerprint density at radius 3 is 2.24 bits per heavy atom. The van der Waals surface area contributed by atoms with Gasteiger partial charge in [-0.15, -0.1) is 0 Å². The number of carboxylic acid groups (broad SMARTS) is 1. The van der Waals surface area contributed by atoms with Crippen molar-refractivity contribution in [2.75, 3.05) is 13.7 Å². The topological polar surface area (TPSA) is 87.7 Å². The van der Waals surface area contributed by atoms with E-state index >= 15 is 0 Å². The number of ether oxygens (including phenoxy) is 2. The van der Waals surface area contributed by atoms with Gasteiger partial charge in [-0.05, 0) is 42.0 Å². The lowest BCUT2D eigenvalue weighted by atomic mass is 10.0. The van der Waals surface area contributed by atoms with E-state index in [1.54, 1.807) is 55.6 Å². The van der Waals surface area contributed by atoms with Crippen LogP contribution in [0.1, 0.15) is 18.0 Å². The summed E-state index contributed by atoms with van der Waals surface area (Å²) in [6.07, 6.45) is -0.351. The average molecular weight is 363 g/mol. The highest BCUT2D eigenvalue weighted by molar-refractivity contribution is 6.30. The molecule has 7 heteroatoms. The van der Waals surface area contributed by atoms with Gasteiger partial charge in [-0.1, -0.05) is 23.7 Å². The van der Waals surface area contributed by atoms with Gasteiger partial charge in [-0.2, -0.15) is 0 Å². The Morgan fingerprint density at radius 1 is 1.08 bits per heavy atom. The number of carbonyl (C=O) groups excluding carboxylic acids is 2. The number of rotatable bonds is 8. The summed E-state index contributed by atoms with van der Waals surface area (Å²) in [6.45, 7) is -0.247. The predicted octanol–water partition coefficient (Wildman–Crippen LogP) is 1.72. The number of carbonyl (C=O) groups is 2. The first-order valence-corrected chi connectivity index (χ1v) is 7.87. The summed E-state index contributed by atoms with van der Waals surface area (Å²) in [4.78, 5) is 23.0. The van der Waals surface area contributed by atoms with Crippen molar-refractivity contribution < 1.29 is 24.2 Å². The van der Waals surface area contributed by atoms with Crippen LogP contribution in [-0.4, -0.2) is 25.6 Å². The smallest absolute Gasteiger partial charge is 0.258 e. The number of halogens is 1. The molecule has 0 aliphatic rings. The van der Waals surface area contributed by atoms with Crippen LogP contribution in [0.4, 0.5) is 0 Å². The zero-order valence-corrected chi connectivity index (χ0v) is 14.3. The van der Waals surface area contributed by atoms with Gasteiger partial charge in [0.1, 0.15) is 11.5 Å². The lowest BCUT2D eigenvalue weighted by Gasteiger charge is -2.20. The van der Waals surface area contributed by atoms with E-state index in [0.29, 0.717) is 22.1 Å². The predicted molar refractivity (Wildman–Crippen MR) is 90.4 cm³/mol. The van der Waals surface area contributed by atoms with Gasteiger partial charge in [0, 0.05) is 17.4 Å². The van der Waals surface area contributed by atoms with E-state index in [9.17, 15) is 14.7 Å². The first-order chi connectivity index (χ1) is 12.0. The van der Waals surface area contributed by atoms with E-state index < -0.39 is 17.9 Å². The minimum absolute atomic E-state index is 0.247. The molecule has 25 heavy (non-hydrogen) atoms. The van der Waals surface area contributed by atoms with E-state index in [0.717, 1.165) is 0 Å². The molecule has 2 aromatic carbocycles. The Kier molecular flexibility index (Phi) is 6.65. The van der Waals surface area contributed by atoms with E-state index in [-0.39, 0.29) is 13.0 Å². The van der Waals surface area contributed by atoms with Gasteiger partial charge in [0.15, 0.2) is 6.61 Å². The summed E-state index contributed by atoms with van der Waals surface area (Å²) < 4.78 is 10.4. The second kappa shape index (κ2) is 8.94. The Morgan fingerprint density at radius 2 is 1.68 bits per heavy atom. The third-order valence-electron chi connectivity index (χ3n) is 3.41. The summed E-state index contributed by atoms with van der Waals surface area (Å²) in [5.41, 5.74) is 0.617. The second-order valence-corrected chi connectivity index (χ2v) is 5.65. The van der Waals surface area contributed by atoms with Gasteiger partial charge < -0.3 is 24.7 Å². The molecular weight excluding hydrogens is 346 g/mol. The molecule has 0 heterocycles. The summed E-state index contributed by atoms with van der Waals surface area (Å²) in [7, 11) is 1.55. The van der Waals surface area contributed by atoms with Crippen molar-refractivity contribution in [1.29, 1.82) is 0 Å². The zero-order valence-electron chi connectivity index (χ0n) is 13.5. The number of hydrogen-bond donors (Lipinski definition) is 1. The van der Waals surface area contributed by atoms with Crippen LogP contribution < -0.4 is 19.9 Å². The second-order valence-electron chi connectivity index (χ2n) is 5.21. The standard InChI is InChI=1S/C18H18ClNO5/c1-24-14-6-8-15(9-7-14)25-11-17(21)20-16(10-18(22)23)12-2-4-13(19)5-3-12/h2-9,16H,10-11H2,1H3,(H,20,21)(H,22,23)/p-1/t16-/m1/s1. The molecule has 0 unspecified atom stereocenters. The molecule has 2 rings (SSSR count). The fourth-order valence-electron chi connectivity index (χ4n) is 2.17. The maximum atomic E-state index is 12.1. The Hall–Kier alpha value is -2.73. The molecule has 132 valence electrons. The molecule has 1 N–H and O–H groups in total. The normalized spacial score (nSPS) is 11.4. The highest BCUT2D eigenvalue weighted by Gasteiger charge is 2.15. The number of aliphatic carboxylic acids is 1. The summed E-state index contributed by atoms with van der Waals surface area (Å²) in [6, 6.07) is 12.6. The molecule has 0 bridgehead atoms. The fraction of sp³-hybridized carbons (Fsp3) is 0.222. The van der Waals surface area contributed by atoms with Gasteiger partial charge in [0.05, 0.1) is 13.2 Å². The maximum absolute atomic E-state index is 12.1. The molecule has 0 radical (unpaired) electrons. The van der Waals surface area contributed by atoms with Crippen LogP contribution in [0.15, 0.2) is 48.5 Å². The lowest BCUT2D eigenvalue weighted by molar-refractivity contribution is -0.306. The minimum Gasteiger partial charge on any atom is -0.550 e. The van der Waals surface area contributed by atoms with Crippen molar-refractivity contribution in [3.63, 3.8) is 0 Å². The number of nitrogens with one attached hydrogen (secondary N) is 1. The third-order valence-corrected chi connectivity index (χ3v) is 3.66. The first-order valence-electron chi connectivity index (χ1n) is 7.49. The van der Waals surface area contributed by atoms with Gasteiger partial charge in [0.25, 0.3) is 5.91 Å². The SMILES string of the molecule is COc1ccc(OCC(=O)N[C@H](CC(=O)[O-])c2ccc(Cl)cc2)cc1. The number of hydrogen-bond acceptors (Lipinski definition) is 5.